The van der Waals surface area contributed by atoms with Gasteiger partial charge >= 0.3 is 0 Å². The second-order valence-corrected chi connectivity index (χ2v) is 8.78. The Morgan fingerprint density at radius 2 is 1.97 bits per heavy atom. The van der Waals surface area contributed by atoms with E-state index in [1.807, 2.05) is 29.6 Å². The number of fused-ring (bicyclic) bond motifs is 2. The number of thiophene rings is 1. The van der Waals surface area contributed by atoms with Gasteiger partial charge in [-0.05, 0) is 59.8 Å². The van der Waals surface area contributed by atoms with Gasteiger partial charge in [0.2, 0.25) is 5.91 Å². The van der Waals surface area contributed by atoms with Crippen LogP contribution in [0.2, 0.25) is 0 Å². The fourth-order valence-corrected chi connectivity index (χ4v) is 4.95. The van der Waals surface area contributed by atoms with E-state index in [1.54, 1.807) is 53.7 Å². The second-order valence-electron chi connectivity index (χ2n) is 7.83. The third-order valence-electron chi connectivity index (χ3n) is 5.87. The molecule has 2 aromatic carbocycles. The van der Waals surface area contributed by atoms with Crippen molar-refractivity contribution in [3.05, 3.63) is 71.1 Å². The Kier molecular flexibility index (Phi) is 5.14. The van der Waals surface area contributed by atoms with Crippen LogP contribution in [0.25, 0.3) is 10.4 Å². The minimum absolute atomic E-state index is 0.206. The van der Waals surface area contributed by atoms with Crippen LogP contribution in [0.1, 0.15) is 27.1 Å². The Bertz CT molecular complexity index is 1190. The normalized spacial score (nSPS) is 19.6. The Morgan fingerprint density at radius 3 is 2.69 bits per heavy atom. The van der Waals surface area contributed by atoms with Crippen LogP contribution in [0.5, 0.6) is 5.75 Å². The highest BCUT2D eigenvalue weighted by Gasteiger charge is 2.43. The van der Waals surface area contributed by atoms with Crippen molar-refractivity contribution < 1.29 is 19.1 Å². The molecule has 1 saturated heterocycles. The topological polar surface area (TPSA) is 87.7 Å². The molecule has 0 unspecified atom stereocenters. The summed E-state index contributed by atoms with van der Waals surface area (Å²) in [5.41, 5.74) is 2.42. The number of rotatable bonds is 4. The molecular weight excluding hydrogens is 426 g/mol. The average molecular weight is 448 g/mol. The first-order chi connectivity index (χ1) is 15.5. The highest BCUT2D eigenvalue weighted by Crippen LogP contribution is 2.33. The minimum atomic E-state index is -0.624. The average Bonchev–Trinajstić information content (AvgIpc) is 3.48. The van der Waals surface area contributed by atoms with Gasteiger partial charge in [0.15, 0.2) is 0 Å². The number of hydrogen-bond acceptors (Lipinski definition) is 5. The van der Waals surface area contributed by atoms with Crippen molar-refractivity contribution in [2.24, 2.45) is 0 Å². The van der Waals surface area contributed by atoms with E-state index in [-0.39, 0.29) is 30.3 Å². The summed E-state index contributed by atoms with van der Waals surface area (Å²) in [6, 6.07) is 15.3. The van der Waals surface area contributed by atoms with E-state index in [0.29, 0.717) is 29.0 Å². The Morgan fingerprint density at radius 1 is 1.16 bits per heavy atom. The van der Waals surface area contributed by atoms with Crippen LogP contribution in [0.3, 0.4) is 0 Å². The van der Waals surface area contributed by atoms with E-state index >= 15 is 0 Å². The molecule has 2 aliphatic heterocycles. The summed E-state index contributed by atoms with van der Waals surface area (Å²) < 4.78 is 5.12. The van der Waals surface area contributed by atoms with E-state index in [9.17, 15) is 14.4 Å². The number of benzene rings is 2. The Hall–Kier alpha value is -3.65. The number of carbonyl (C=O) groups is 3. The van der Waals surface area contributed by atoms with Crippen molar-refractivity contribution in [2.75, 3.05) is 19.0 Å². The van der Waals surface area contributed by atoms with E-state index in [2.05, 4.69) is 10.6 Å². The van der Waals surface area contributed by atoms with E-state index in [1.165, 1.54) is 0 Å². The summed E-state index contributed by atoms with van der Waals surface area (Å²) in [6.07, 6.45) is 0.366. The summed E-state index contributed by atoms with van der Waals surface area (Å²) >= 11 is 1.59. The molecule has 3 heterocycles. The zero-order chi connectivity index (χ0) is 22.2. The van der Waals surface area contributed by atoms with E-state index < -0.39 is 6.04 Å². The van der Waals surface area contributed by atoms with E-state index in [0.717, 1.165) is 10.4 Å². The molecule has 32 heavy (non-hydrogen) atoms. The lowest BCUT2D eigenvalue weighted by molar-refractivity contribution is -0.119. The van der Waals surface area contributed by atoms with Gasteiger partial charge in [0, 0.05) is 23.0 Å². The number of nitrogens with one attached hydrogen (secondary N) is 2. The zero-order valence-electron chi connectivity index (χ0n) is 17.3. The number of anilines is 1. The maximum Gasteiger partial charge on any atom is 0.256 e. The number of nitrogens with zero attached hydrogens (tertiary/aromatic N) is 1. The molecular formula is C24H21N3O4S. The Labute approximate surface area is 189 Å². The lowest BCUT2D eigenvalue weighted by atomic mass is 10.1. The standard InChI is InChI=1S/C24H21N3O4S/c1-31-17-7-4-14(5-8-17)22(28)25-16-12-20-23(29)26-19-9-6-15(21-3-2-10-32-21)11-18(19)24(30)27(20)13-16/h2-11,16,20H,12-13H2,1H3,(H,25,28)(H,26,29)/t16-,20-/m1/s1. The highest BCUT2D eigenvalue weighted by molar-refractivity contribution is 7.13. The molecule has 0 bridgehead atoms. The lowest BCUT2D eigenvalue weighted by Gasteiger charge is -2.20. The molecule has 2 atom stereocenters. The van der Waals surface area contributed by atoms with Gasteiger partial charge in [-0.15, -0.1) is 11.3 Å². The van der Waals surface area contributed by atoms with Crippen LogP contribution in [-0.2, 0) is 4.79 Å². The van der Waals surface area contributed by atoms with Crippen LogP contribution < -0.4 is 15.4 Å². The predicted octanol–water partition coefficient (Wildman–Crippen LogP) is 3.39. The fraction of sp³-hybridized carbons (Fsp3) is 0.208. The molecule has 1 aromatic heterocycles. The molecule has 0 saturated carbocycles. The lowest BCUT2D eigenvalue weighted by Crippen LogP contribution is -2.41. The molecule has 3 aromatic rings. The van der Waals surface area contributed by atoms with Crippen LogP contribution in [-0.4, -0.2) is 48.4 Å². The van der Waals surface area contributed by atoms with Crippen molar-refractivity contribution >= 4 is 34.7 Å². The highest BCUT2D eigenvalue weighted by atomic mass is 32.1. The van der Waals surface area contributed by atoms with Gasteiger partial charge in [0.1, 0.15) is 11.8 Å². The quantitative estimate of drug-likeness (QED) is 0.642. The molecule has 0 spiro atoms. The van der Waals surface area contributed by atoms with Crippen LogP contribution in [0, 0.1) is 0 Å². The van der Waals surface area contributed by atoms with Crippen LogP contribution in [0.15, 0.2) is 60.0 Å². The molecule has 5 rings (SSSR count). The predicted molar refractivity (Wildman–Crippen MR) is 122 cm³/mol. The molecule has 2 N–H and O–H groups in total. The van der Waals surface area contributed by atoms with Gasteiger partial charge in [-0.2, -0.15) is 0 Å². The largest absolute Gasteiger partial charge is 0.497 e. The monoisotopic (exact) mass is 447 g/mol. The van der Waals surface area contributed by atoms with E-state index in [4.69, 9.17) is 4.74 Å². The molecule has 0 radical (unpaired) electrons. The third kappa shape index (κ3) is 3.62. The van der Waals surface area contributed by atoms with Gasteiger partial charge in [0.05, 0.1) is 18.4 Å². The number of methoxy groups -OCH3 is 1. The molecule has 1 fully saturated rings. The number of hydrogen-bond donors (Lipinski definition) is 2. The van der Waals surface area contributed by atoms with Gasteiger partial charge in [-0.1, -0.05) is 12.1 Å². The van der Waals surface area contributed by atoms with Crippen LogP contribution >= 0.6 is 11.3 Å². The van der Waals surface area contributed by atoms with Gasteiger partial charge in [0.25, 0.3) is 11.8 Å². The first-order valence-electron chi connectivity index (χ1n) is 10.3. The first kappa shape index (κ1) is 20.3. The SMILES string of the molecule is COc1ccc(C(=O)N[C@@H]2C[C@@H]3C(=O)Nc4ccc(-c5cccs5)cc4C(=O)N3C2)cc1. The molecule has 3 amide bonds. The summed E-state index contributed by atoms with van der Waals surface area (Å²) in [6.45, 7) is 0.279. The van der Waals surface area contributed by atoms with Crippen molar-refractivity contribution in [3.8, 4) is 16.2 Å². The molecule has 8 heteroatoms. The van der Waals surface area contributed by atoms with Gasteiger partial charge in [-0.3, -0.25) is 14.4 Å². The third-order valence-corrected chi connectivity index (χ3v) is 6.78. The summed E-state index contributed by atoms with van der Waals surface area (Å²) in [5, 5.41) is 7.83. The molecule has 7 nitrogen and oxygen atoms in total. The van der Waals surface area contributed by atoms with Gasteiger partial charge in [-0.25, -0.2) is 0 Å². The molecule has 0 aliphatic carbocycles. The smallest absolute Gasteiger partial charge is 0.256 e. The van der Waals surface area contributed by atoms with Gasteiger partial charge < -0.3 is 20.3 Å². The van der Waals surface area contributed by atoms with Crippen LogP contribution in [0.4, 0.5) is 5.69 Å². The summed E-state index contributed by atoms with van der Waals surface area (Å²) in [4.78, 5) is 41.5. The first-order valence-corrected chi connectivity index (χ1v) is 11.2. The van der Waals surface area contributed by atoms with Crippen molar-refractivity contribution in [3.63, 3.8) is 0 Å². The number of amides is 3. The van der Waals surface area contributed by atoms with Crippen molar-refractivity contribution in [1.29, 1.82) is 0 Å². The molecule has 162 valence electrons. The Balaban J connectivity index is 1.36. The molecule has 2 aliphatic rings. The minimum Gasteiger partial charge on any atom is -0.497 e. The number of carbonyl (C=O) groups excluding carboxylic acids is 3. The maximum atomic E-state index is 13.4. The van der Waals surface area contributed by atoms with Crippen molar-refractivity contribution in [2.45, 2.75) is 18.5 Å². The summed E-state index contributed by atoms with van der Waals surface area (Å²) in [7, 11) is 1.57. The summed E-state index contributed by atoms with van der Waals surface area (Å²) in [5.74, 6) is -0.0210. The van der Waals surface area contributed by atoms with Crippen molar-refractivity contribution in [1.82, 2.24) is 10.2 Å². The second kappa shape index (κ2) is 8.12. The maximum absolute atomic E-state index is 13.4. The fourth-order valence-electron chi connectivity index (χ4n) is 4.22. The number of ether oxygens (including phenoxy) is 1. The zero-order valence-corrected chi connectivity index (χ0v) is 18.1.